The van der Waals surface area contributed by atoms with Crippen molar-refractivity contribution in [2.75, 3.05) is 26.2 Å². The number of aryl methyl sites for hydroxylation is 1. The minimum absolute atomic E-state index is 0.141. The van der Waals surface area contributed by atoms with Gasteiger partial charge in [0.05, 0.1) is 17.3 Å². The van der Waals surface area contributed by atoms with Gasteiger partial charge in [-0.3, -0.25) is 0 Å². The van der Waals surface area contributed by atoms with Crippen LogP contribution >= 0.6 is 0 Å². The summed E-state index contributed by atoms with van der Waals surface area (Å²) in [5, 5.41) is 7.99. The van der Waals surface area contributed by atoms with Crippen LogP contribution in [0.1, 0.15) is 31.9 Å². The molecular formula is C16H22N4O3S. The van der Waals surface area contributed by atoms with Crippen LogP contribution in [0.5, 0.6) is 0 Å². The van der Waals surface area contributed by atoms with E-state index in [2.05, 4.69) is 15.5 Å². The number of piperidine rings is 1. The Kier molecular flexibility index (Phi) is 3.85. The summed E-state index contributed by atoms with van der Waals surface area (Å²) in [5.41, 5.74) is 1.27. The Bertz CT molecular complexity index is 855. The van der Waals surface area contributed by atoms with Gasteiger partial charge in [-0.2, -0.15) is 4.31 Å². The van der Waals surface area contributed by atoms with Crippen molar-refractivity contribution in [2.24, 2.45) is 5.41 Å². The van der Waals surface area contributed by atoms with Crippen molar-refractivity contribution in [3.63, 3.8) is 0 Å². The lowest BCUT2D eigenvalue weighted by molar-refractivity contribution is 0.218. The molecule has 0 radical (unpaired) electrons. The number of nitrogens with zero attached hydrogens (tertiary/aromatic N) is 3. The number of nitrogens with one attached hydrogen (secondary N) is 1. The van der Waals surface area contributed by atoms with Crippen LogP contribution in [0.3, 0.4) is 0 Å². The Hall–Kier alpha value is -1.51. The molecule has 0 unspecified atom stereocenters. The molecule has 130 valence electrons. The van der Waals surface area contributed by atoms with E-state index in [0.717, 1.165) is 38.0 Å². The predicted molar refractivity (Wildman–Crippen MR) is 89.1 cm³/mol. The number of hydrogen-bond acceptors (Lipinski definition) is 6. The summed E-state index contributed by atoms with van der Waals surface area (Å²) < 4.78 is 32.9. The highest BCUT2D eigenvalue weighted by atomic mass is 32.2. The van der Waals surface area contributed by atoms with Gasteiger partial charge in [-0.15, -0.1) is 0 Å². The van der Waals surface area contributed by atoms with Crippen molar-refractivity contribution in [2.45, 2.75) is 37.5 Å². The number of sulfonamides is 1. The monoisotopic (exact) mass is 350 g/mol. The first kappa shape index (κ1) is 16.0. The van der Waals surface area contributed by atoms with Crippen LogP contribution in [-0.2, 0) is 16.4 Å². The van der Waals surface area contributed by atoms with Crippen LogP contribution in [0.2, 0.25) is 0 Å². The molecule has 2 fully saturated rings. The first-order chi connectivity index (χ1) is 11.5. The molecule has 1 spiro atoms. The van der Waals surface area contributed by atoms with Crippen molar-refractivity contribution >= 4 is 21.1 Å². The van der Waals surface area contributed by atoms with Gasteiger partial charge in [0.15, 0.2) is 0 Å². The third kappa shape index (κ3) is 2.53. The van der Waals surface area contributed by atoms with Crippen molar-refractivity contribution in [3.05, 3.63) is 18.0 Å². The first-order valence-electron chi connectivity index (χ1n) is 8.49. The molecule has 7 nitrogen and oxygen atoms in total. The lowest BCUT2D eigenvalue weighted by Gasteiger charge is -2.33. The third-order valence-electron chi connectivity index (χ3n) is 5.42. The Morgan fingerprint density at radius 3 is 2.88 bits per heavy atom. The highest BCUT2D eigenvalue weighted by Gasteiger charge is 2.43. The van der Waals surface area contributed by atoms with Crippen LogP contribution in [0.25, 0.3) is 11.1 Å². The van der Waals surface area contributed by atoms with E-state index < -0.39 is 10.0 Å². The van der Waals surface area contributed by atoms with Gasteiger partial charge in [0, 0.05) is 13.1 Å². The van der Waals surface area contributed by atoms with E-state index in [0.29, 0.717) is 30.6 Å². The lowest BCUT2D eigenvalue weighted by Crippen LogP contribution is -2.39. The molecule has 2 aliphatic rings. The fourth-order valence-corrected chi connectivity index (χ4v) is 5.40. The van der Waals surface area contributed by atoms with Gasteiger partial charge in [-0.05, 0) is 50.3 Å². The zero-order valence-electron chi connectivity index (χ0n) is 13.8. The minimum atomic E-state index is -3.53. The summed E-state index contributed by atoms with van der Waals surface area (Å²) in [4.78, 5) is 4.38. The van der Waals surface area contributed by atoms with Crippen molar-refractivity contribution < 1.29 is 12.9 Å². The number of pyridine rings is 1. The van der Waals surface area contributed by atoms with Gasteiger partial charge in [-0.25, -0.2) is 13.4 Å². The van der Waals surface area contributed by atoms with Gasteiger partial charge in [0.25, 0.3) is 5.71 Å². The molecule has 24 heavy (non-hydrogen) atoms. The second-order valence-corrected chi connectivity index (χ2v) is 8.78. The van der Waals surface area contributed by atoms with Crippen LogP contribution in [0.4, 0.5) is 0 Å². The normalized spacial score (nSPS) is 21.7. The molecule has 0 saturated carbocycles. The van der Waals surface area contributed by atoms with Gasteiger partial charge < -0.3 is 9.84 Å². The molecular weight excluding hydrogens is 328 g/mol. The molecule has 0 amide bonds. The molecule has 8 heteroatoms. The van der Waals surface area contributed by atoms with E-state index in [1.54, 1.807) is 10.4 Å². The topological polar surface area (TPSA) is 88.3 Å². The maximum Gasteiger partial charge on any atom is 0.258 e. The smallest absolute Gasteiger partial charge is 0.258 e. The Morgan fingerprint density at radius 2 is 2.12 bits per heavy atom. The predicted octanol–water partition coefficient (Wildman–Crippen LogP) is 1.55. The average Bonchev–Trinajstić information content (AvgIpc) is 3.19. The molecule has 0 atom stereocenters. The number of aromatic nitrogens is 2. The second-order valence-electron chi connectivity index (χ2n) is 6.85. The maximum absolute atomic E-state index is 13.0. The van der Waals surface area contributed by atoms with Gasteiger partial charge in [0.1, 0.15) is 4.90 Å². The van der Waals surface area contributed by atoms with Crippen molar-refractivity contribution in [3.8, 4) is 0 Å². The highest BCUT2D eigenvalue weighted by Crippen LogP contribution is 2.40. The lowest BCUT2D eigenvalue weighted by atomic mass is 9.78. The van der Waals surface area contributed by atoms with Gasteiger partial charge in [-0.1, -0.05) is 12.1 Å². The van der Waals surface area contributed by atoms with Crippen LogP contribution in [0, 0.1) is 5.41 Å². The van der Waals surface area contributed by atoms with Crippen LogP contribution < -0.4 is 5.32 Å². The molecule has 0 bridgehead atoms. The number of hydrogen-bond donors (Lipinski definition) is 1. The third-order valence-corrected chi connectivity index (χ3v) is 7.23. The van der Waals surface area contributed by atoms with E-state index in [1.165, 1.54) is 6.20 Å². The summed E-state index contributed by atoms with van der Waals surface area (Å²) in [7, 11) is -3.53. The zero-order chi connectivity index (χ0) is 16.8. The van der Waals surface area contributed by atoms with Crippen molar-refractivity contribution in [1.29, 1.82) is 0 Å². The van der Waals surface area contributed by atoms with Gasteiger partial charge in [0.2, 0.25) is 10.0 Å². The summed E-state index contributed by atoms with van der Waals surface area (Å²) in [6.45, 7) is 5.10. The first-order valence-corrected chi connectivity index (χ1v) is 9.93. The largest absolute Gasteiger partial charge is 0.336 e. The van der Waals surface area contributed by atoms with Gasteiger partial charge >= 0.3 is 0 Å². The van der Waals surface area contributed by atoms with Crippen LogP contribution in [0.15, 0.2) is 21.7 Å². The molecule has 4 rings (SSSR count). The molecule has 2 aromatic heterocycles. The Labute approximate surface area is 141 Å². The summed E-state index contributed by atoms with van der Waals surface area (Å²) in [5.74, 6) is 0. The molecule has 0 aromatic carbocycles. The standard InChI is InChI=1S/C16H22N4O3S/c1-2-14-13-9-12(10-18-15(13)23-19-14)24(21,22)20-8-5-16(11-20)3-6-17-7-4-16/h9-10,17H,2-8,11H2,1H3. The highest BCUT2D eigenvalue weighted by molar-refractivity contribution is 7.89. The van der Waals surface area contributed by atoms with E-state index in [9.17, 15) is 8.42 Å². The fourth-order valence-electron chi connectivity index (χ4n) is 3.87. The molecule has 2 aliphatic heterocycles. The van der Waals surface area contributed by atoms with E-state index in [4.69, 9.17) is 4.52 Å². The molecule has 1 N–H and O–H groups in total. The Balaban J connectivity index is 1.65. The van der Waals surface area contributed by atoms with Crippen LogP contribution in [-0.4, -0.2) is 49.0 Å². The molecule has 2 saturated heterocycles. The summed E-state index contributed by atoms with van der Waals surface area (Å²) in [6, 6.07) is 1.65. The minimum Gasteiger partial charge on any atom is -0.336 e. The van der Waals surface area contributed by atoms with E-state index in [-0.39, 0.29) is 10.3 Å². The average molecular weight is 350 g/mol. The Morgan fingerprint density at radius 1 is 1.33 bits per heavy atom. The quantitative estimate of drug-likeness (QED) is 0.903. The summed E-state index contributed by atoms with van der Waals surface area (Å²) >= 11 is 0. The fraction of sp³-hybridized carbons (Fsp3) is 0.625. The summed E-state index contributed by atoms with van der Waals surface area (Å²) in [6.07, 6.45) is 5.09. The SMILES string of the molecule is CCc1noc2ncc(S(=O)(=O)N3CCC4(CCNCC4)C3)cc12. The second kappa shape index (κ2) is 5.79. The molecule has 0 aliphatic carbocycles. The molecule has 4 heterocycles. The zero-order valence-corrected chi connectivity index (χ0v) is 14.6. The number of fused-ring (bicyclic) bond motifs is 1. The van der Waals surface area contributed by atoms with Crippen molar-refractivity contribution in [1.82, 2.24) is 19.8 Å². The van der Waals surface area contributed by atoms with E-state index in [1.807, 2.05) is 6.92 Å². The molecule has 2 aromatic rings. The number of rotatable bonds is 3. The maximum atomic E-state index is 13.0. The van der Waals surface area contributed by atoms with E-state index >= 15 is 0 Å².